The van der Waals surface area contributed by atoms with Gasteiger partial charge in [-0.3, -0.25) is 9.78 Å². The smallest absolute Gasteiger partial charge is 0.333 e. The van der Waals surface area contributed by atoms with Crippen molar-refractivity contribution in [1.29, 1.82) is 0 Å². The molecule has 0 amide bonds. The van der Waals surface area contributed by atoms with Crippen LogP contribution in [0, 0.1) is 0 Å². The van der Waals surface area contributed by atoms with Crippen molar-refractivity contribution in [3.63, 3.8) is 0 Å². The second-order valence-corrected chi connectivity index (χ2v) is 6.24. The van der Waals surface area contributed by atoms with Crippen molar-refractivity contribution in [3.05, 3.63) is 57.4 Å². The summed E-state index contributed by atoms with van der Waals surface area (Å²) in [5.74, 6) is 1.01. The molecule has 4 aromatic heterocycles. The Balaban J connectivity index is 1.91. The Bertz CT molecular complexity index is 1270. The highest BCUT2D eigenvalue weighted by molar-refractivity contribution is 5.81. The summed E-state index contributed by atoms with van der Waals surface area (Å²) in [5, 5.41) is 0.538. The summed E-state index contributed by atoms with van der Waals surface area (Å²) < 4.78 is 9.29. The van der Waals surface area contributed by atoms with E-state index in [9.17, 15) is 9.59 Å². The Hall–Kier alpha value is -3.42. The summed E-state index contributed by atoms with van der Waals surface area (Å²) >= 11 is 0. The number of hydrogen-bond acceptors (Lipinski definition) is 5. The van der Waals surface area contributed by atoms with Crippen molar-refractivity contribution < 1.29 is 4.74 Å². The number of imidazole rings is 1. The summed E-state index contributed by atoms with van der Waals surface area (Å²) in [7, 11) is 0. The highest BCUT2D eigenvalue weighted by atomic mass is 16.5. The maximum Gasteiger partial charge on any atom is 0.333 e. The standard InChI is InChI=1S/C18H15N5O3/c24-12-6-9-22-8-1-2-10-26-13-5-7-19-16-15(13)23(18(25)21-16)14-4-3-11(12)17(22)20-14/h3-7,9H,1-2,8,10H2,(H,19,21,25). The summed E-state index contributed by atoms with van der Waals surface area (Å²) in [6.07, 6.45) is 5.08. The number of H-pyrrole nitrogens is 1. The molecular formula is C18H15N5O3. The van der Waals surface area contributed by atoms with E-state index in [4.69, 9.17) is 4.74 Å². The Morgan fingerprint density at radius 3 is 2.96 bits per heavy atom. The minimum Gasteiger partial charge on any atom is -0.491 e. The first-order valence-corrected chi connectivity index (χ1v) is 8.45. The third-order valence-corrected chi connectivity index (χ3v) is 4.62. The van der Waals surface area contributed by atoms with Gasteiger partial charge in [-0.2, -0.15) is 0 Å². The highest BCUT2D eigenvalue weighted by Crippen LogP contribution is 2.25. The number of hydrogen-bond donors (Lipinski definition) is 1. The molecule has 5 heterocycles. The van der Waals surface area contributed by atoms with Gasteiger partial charge < -0.3 is 9.30 Å². The molecule has 8 heteroatoms. The molecule has 0 unspecified atom stereocenters. The number of fused-ring (bicyclic) bond motifs is 2. The fraction of sp³-hybridized carbons (Fsp3) is 0.222. The molecule has 0 spiro atoms. The van der Waals surface area contributed by atoms with E-state index < -0.39 is 0 Å². The number of aromatic nitrogens is 5. The quantitative estimate of drug-likeness (QED) is 0.520. The largest absolute Gasteiger partial charge is 0.491 e. The van der Waals surface area contributed by atoms with E-state index in [0.717, 1.165) is 19.4 Å². The van der Waals surface area contributed by atoms with Gasteiger partial charge in [0.1, 0.15) is 22.7 Å². The van der Waals surface area contributed by atoms with Crippen LogP contribution < -0.4 is 15.9 Å². The Labute approximate surface area is 146 Å². The number of aryl methyl sites for hydroxylation is 1. The fourth-order valence-electron chi connectivity index (χ4n) is 3.38. The van der Waals surface area contributed by atoms with E-state index in [0.29, 0.717) is 40.4 Å². The van der Waals surface area contributed by atoms with Gasteiger partial charge in [0.05, 0.1) is 12.0 Å². The van der Waals surface area contributed by atoms with Crippen LogP contribution in [0.4, 0.5) is 0 Å². The van der Waals surface area contributed by atoms with Gasteiger partial charge in [-0.25, -0.2) is 19.3 Å². The van der Waals surface area contributed by atoms with Crippen LogP contribution >= 0.6 is 0 Å². The maximum absolute atomic E-state index is 12.6. The van der Waals surface area contributed by atoms with Crippen molar-refractivity contribution in [2.75, 3.05) is 6.61 Å². The van der Waals surface area contributed by atoms with Gasteiger partial charge in [0.2, 0.25) is 0 Å². The van der Waals surface area contributed by atoms with Gasteiger partial charge in [-0.05, 0) is 25.0 Å². The van der Waals surface area contributed by atoms with Crippen LogP contribution in [0.15, 0.2) is 46.2 Å². The lowest BCUT2D eigenvalue weighted by Gasteiger charge is -2.14. The first-order chi connectivity index (χ1) is 12.7. The average Bonchev–Trinajstić information content (AvgIpc) is 2.98. The zero-order valence-corrected chi connectivity index (χ0v) is 13.8. The second kappa shape index (κ2) is 5.55. The van der Waals surface area contributed by atoms with Crippen molar-refractivity contribution in [1.82, 2.24) is 24.1 Å². The maximum atomic E-state index is 12.6. The first-order valence-electron chi connectivity index (χ1n) is 8.45. The van der Waals surface area contributed by atoms with Crippen LogP contribution in [0.5, 0.6) is 5.75 Å². The third kappa shape index (κ3) is 2.15. The molecule has 5 rings (SSSR count). The van der Waals surface area contributed by atoms with Crippen molar-refractivity contribution in [2.45, 2.75) is 19.4 Å². The third-order valence-electron chi connectivity index (χ3n) is 4.62. The van der Waals surface area contributed by atoms with E-state index in [-0.39, 0.29) is 11.1 Å². The van der Waals surface area contributed by atoms with Crippen LogP contribution in [-0.4, -0.2) is 30.7 Å². The van der Waals surface area contributed by atoms with Gasteiger partial charge in [0.25, 0.3) is 0 Å². The predicted octanol–water partition coefficient (Wildman–Crippen LogP) is 1.60. The number of pyridine rings is 3. The van der Waals surface area contributed by atoms with Crippen molar-refractivity contribution >= 4 is 22.2 Å². The van der Waals surface area contributed by atoms with Gasteiger partial charge >= 0.3 is 5.69 Å². The molecule has 1 aliphatic rings. The molecule has 0 saturated heterocycles. The normalized spacial score (nSPS) is 14.2. The topological polar surface area (TPSA) is 94.8 Å². The Morgan fingerprint density at radius 1 is 1.12 bits per heavy atom. The molecule has 26 heavy (non-hydrogen) atoms. The monoisotopic (exact) mass is 349 g/mol. The van der Waals surface area contributed by atoms with E-state index in [2.05, 4.69) is 15.0 Å². The summed E-state index contributed by atoms with van der Waals surface area (Å²) in [6, 6.07) is 6.68. The Kier molecular flexibility index (Phi) is 3.18. The molecule has 0 radical (unpaired) electrons. The number of nitrogens with one attached hydrogen (secondary N) is 1. The molecule has 0 saturated carbocycles. The van der Waals surface area contributed by atoms with E-state index in [1.807, 2.05) is 4.57 Å². The Morgan fingerprint density at radius 2 is 2.04 bits per heavy atom. The minimum absolute atomic E-state index is 0.0839. The van der Waals surface area contributed by atoms with Gasteiger partial charge in [0.15, 0.2) is 11.1 Å². The molecule has 0 aliphatic carbocycles. The van der Waals surface area contributed by atoms with Crippen LogP contribution in [-0.2, 0) is 6.54 Å². The number of aromatic amines is 1. The molecule has 2 bridgehead atoms. The van der Waals surface area contributed by atoms with Gasteiger partial charge in [-0.1, -0.05) is 0 Å². The van der Waals surface area contributed by atoms with Crippen LogP contribution in [0.3, 0.4) is 0 Å². The second-order valence-electron chi connectivity index (χ2n) is 6.24. The SMILES string of the molecule is O=c1ccn2c3nc(ccc13)-n1c(=O)[nH]c3nccc(c31)OCCCC2. The number of nitrogens with zero attached hydrogens (tertiary/aromatic N) is 4. The average molecular weight is 349 g/mol. The molecule has 1 aliphatic heterocycles. The minimum atomic E-state index is -0.350. The molecule has 8 nitrogen and oxygen atoms in total. The molecule has 0 atom stereocenters. The predicted molar refractivity (Wildman–Crippen MR) is 96.0 cm³/mol. The zero-order valence-electron chi connectivity index (χ0n) is 13.8. The lowest BCUT2D eigenvalue weighted by Crippen LogP contribution is -2.18. The van der Waals surface area contributed by atoms with E-state index in [1.54, 1.807) is 36.7 Å². The molecule has 1 N–H and O–H groups in total. The number of ether oxygens (including phenoxy) is 1. The summed E-state index contributed by atoms with van der Waals surface area (Å²) in [6.45, 7) is 1.25. The van der Waals surface area contributed by atoms with Gasteiger partial charge in [0, 0.05) is 31.1 Å². The van der Waals surface area contributed by atoms with Crippen LogP contribution in [0.1, 0.15) is 12.8 Å². The fourth-order valence-corrected chi connectivity index (χ4v) is 3.38. The molecule has 130 valence electrons. The van der Waals surface area contributed by atoms with Gasteiger partial charge in [-0.15, -0.1) is 0 Å². The van der Waals surface area contributed by atoms with Crippen molar-refractivity contribution in [3.8, 4) is 11.6 Å². The molecule has 0 aromatic carbocycles. The zero-order chi connectivity index (χ0) is 17.7. The first kappa shape index (κ1) is 14.9. The molecule has 4 aromatic rings. The van der Waals surface area contributed by atoms with Crippen LogP contribution in [0.2, 0.25) is 0 Å². The lowest BCUT2D eigenvalue weighted by atomic mass is 10.2. The molecular weight excluding hydrogens is 334 g/mol. The summed E-state index contributed by atoms with van der Waals surface area (Å²) in [5.41, 5.74) is 1.13. The summed E-state index contributed by atoms with van der Waals surface area (Å²) in [4.78, 5) is 36.4. The lowest BCUT2D eigenvalue weighted by molar-refractivity contribution is 0.305. The number of rotatable bonds is 0. The van der Waals surface area contributed by atoms with Crippen molar-refractivity contribution in [2.24, 2.45) is 0 Å². The van der Waals surface area contributed by atoms with E-state index >= 15 is 0 Å². The van der Waals surface area contributed by atoms with E-state index in [1.165, 1.54) is 4.57 Å². The highest BCUT2D eigenvalue weighted by Gasteiger charge is 2.17. The van der Waals surface area contributed by atoms with Crippen LogP contribution in [0.25, 0.3) is 28.0 Å². The molecule has 0 fully saturated rings.